The number of hydrogen-bond donors (Lipinski definition) is 1. The third-order valence-corrected chi connectivity index (χ3v) is 3.64. The van der Waals surface area contributed by atoms with Gasteiger partial charge in [-0.2, -0.15) is 5.10 Å². The van der Waals surface area contributed by atoms with E-state index >= 15 is 0 Å². The average molecular weight is 326 g/mol. The molecule has 0 saturated heterocycles. The van der Waals surface area contributed by atoms with Gasteiger partial charge in [0.25, 0.3) is 0 Å². The minimum absolute atomic E-state index is 0.0943. The van der Waals surface area contributed by atoms with E-state index in [1.165, 1.54) is 0 Å². The Hall–Kier alpha value is -1.20. The smallest absolute Gasteiger partial charge is 0.137 e. The van der Waals surface area contributed by atoms with Crippen LogP contribution >= 0.6 is 15.9 Å². The van der Waals surface area contributed by atoms with Crippen LogP contribution in [0.25, 0.3) is 0 Å². The number of hydrogen-bond acceptors (Lipinski definition) is 2. The van der Waals surface area contributed by atoms with Gasteiger partial charge in [-0.05, 0) is 52.2 Å². The molecule has 1 unspecified atom stereocenters. The molecule has 0 radical (unpaired) electrons. The van der Waals surface area contributed by atoms with E-state index in [1.807, 2.05) is 32.4 Å². The summed E-state index contributed by atoms with van der Waals surface area (Å²) in [6.07, 6.45) is 4.63. The Kier molecular flexibility index (Phi) is 4.71. The predicted octanol–water partition coefficient (Wildman–Crippen LogP) is 3.22. The van der Waals surface area contributed by atoms with Crippen molar-refractivity contribution in [1.82, 2.24) is 15.1 Å². The van der Waals surface area contributed by atoms with E-state index in [4.69, 9.17) is 0 Å². The van der Waals surface area contributed by atoms with Crippen LogP contribution in [0.4, 0.5) is 4.39 Å². The van der Waals surface area contributed by atoms with Gasteiger partial charge in [0.15, 0.2) is 0 Å². The van der Waals surface area contributed by atoms with Crippen LogP contribution in [0, 0.1) is 5.82 Å². The van der Waals surface area contributed by atoms with Gasteiger partial charge in [-0.15, -0.1) is 0 Å². The van der Waals surface area contributed by atoms with Gasteiger partial charge in [0.1, 0.15) is 5.82 Å². The molecule has 1 aromatic heterocycles. The van der Waals surface area contributed by atoms with Gasteiger partial charge in [-0.1, -0.05) is 13.0 Å². The molecule has 5 heteroatoms. The number of aromatic nitrogens is 2. The van der Waals surface area contributed by atoms with E-state index < -0.39 is 0 Å². The molecule has 0 amide bonds. The molecule has 0 fully saturated rings. The number of likely N-dealkylation sites (N-methyl/N-ethyl adjacent to an activating group) is 1. The molecule has 1 aromatic carbocycles. The second-order valence-electron chi connectivity index (χ2n) is 4.51. The zero-order valence-electron chi connectivity index (χ0n) is 11.0. The maximum atomic E-state index is 13.6. The van der Waals surface area contributed by atoms with Gasteiger partial charge < -0.3 is 5.32 Å². The third kappa shape index (κ3) is 3.64. The highest BCUT2D eigenvalue weighted by Gasteiger charge is 2.13. The van der Waals surface area contributed by atoms with E-state index in [0.717, 1.165) is 24.1 Å². The van der Waals surface area contributed by atoms with E-state index in [2.05, 4.69) is 26.3 Å². The number of nitrogens with one attached hydrogen (secondary N) is 1. The summed E-state index contributed by atoms with van der Waals surface area (Å²) in [5.41, 5.74) is 2.09. The van der Waals surface area contributed by atoms with Crippen molar-refractivity contribution in [2.24, 2.45) is 7.05 Å². The molecule has 0 bridgehead atoms. The molecule has 3 nitrogen and oxygen atoms in total. The second-order valence-corrected chi connectivity index (χ2v) is 5.36. The first-order valence-electron chi connectivity index (χ1n) is 6.26. The highest BCUT2D eigenvalue weighted by atomic mass is 79.9. The normalized spacial score (nSPS) is 12.6. The van der Waals surface area contributed by atoms with Crippen molar-refractivity contribution in [3.8, 4) is 0 Å². The van der Waals surface area contributed by atoms with E-state index in [9.17, 15) is 4.39 Å². The molecular weight excluding hydrogens is 309 g/mol. The van der Waals surface area contributed by atoms with Crippen LogP contribution in [0.15, 0.2) is 35.1 Å². The van der Waals surface area contributed by atoms with Crippen LogP contribution in [0.5, 0.6) is 0 Å². The van der Waals surface area contributed by atoms with Crippen molar-refractivity contribution in [2.75, 3.05) is 6.54 Å². The van der Waals surface area contributed by atoms with Crippen molar-refractivity contribution in [2.45, 2.75) is 19.4 Å². The van der Waals surface area contributed by atoms with Crippen LogP contribution in [-0.2, 0) is 13.5 Å². The minimum atomic E-state index is -0.230. The van der Waals surface area contributed by atoms with Crippen molar-refractivity contribution in [3.63, 3.8) is 0 Å². The number of rotatable bonds is 5. The summed E-state index contributed by atoms with van der Waals surface area (Å²) in [4.78, 5) is 0. The first-order chi connectivity index (χ1) is 9.10. The Labute approximate surface area is 121 Å². The molecule has 102 valence electrons. The van der Waals surface area contributed by atoms with E-state index in [-0.39, 0.29) is 11.9 Å². The molecular formula is C14H17BrFN3. The zero-order valence-corrected chi connectivity index (χ0v) is 12.6. The summed E-state index contributed by atoms with van der Waals surface area (Å²) >= 11 is 3.18. The topological polar surface area (TPSA) is 29.9 Å². The second kappa shape index (κ2) is 6.30. The maximum absolute atomic E-state index is 13.6. The van der Waals surface area contributed by atoms with Crippen LogP contribution in [0.1, 0.15) is 24.1 Å². The Morgan fingerprint density at radius 3 is 2.84 bits per heavy atom. The molecule has 0 aliphatic rings. The molecule has 19 heavy (non-hydrogen) atoms. The van der Waals surface area contributed by atoms with E-state index in [1.54, 1.807) is 16.8 Å². The zero-order chi connectivity index (χ0) is 13.8. The maximum Gasteiger partial charge on any atom is 0.137 e. The van der Waals surface area contributed by atoms with Gasteiger partial charge >= 0.3 is 0 Å². The van der Waals surface area contributed by atoms with Crippen molar-refractivity contribution < 1.29 is 4.39 Å². The SMILES string of the molecule is CCNC(Cc1cnn(C)c1)c1ccc(Br)c(F)c1. The highest BCUT2D eigenvalue weighted by Crippen LogP contribution is 2.23. The van der Waals surface area contributed by atoms with Gasteiger partial charge in [0.05, 0.1) is 10.7 Å². The fraction of sp³-hybridized carbons (Fsp3) is 0.357. The number of aryl methyl sites for hydroxylation is 1. The molecule has 0 aliphatic carbocycles. The fourth-order valence-electron chi connectivity index (χ4n) is 2.10. The summed E-state index contributed by atoms with van der Waals surface area (Å²) in [6.45, 7) is 2.88. The lowest BCUT2D eigenvalue weighted by atomic mass is 10.0. The standard InChI is InChI=1S/C14H17BrFN3/c1-3-17-14(6-10-8-18-19(2)9-10)11-4-5-12(15)13(16)7-11/h4-5,7-9,14,17H,3,6H2,1-2H3. The molecule has 2 rings (SSSR count). The minimum Gasteiger partial charge on any atom is -0.310 e. The van der Waals surface area contributed by atoms with Crippen LogP contribution in [0.2, 0.25) is 0 Å². The summed E-state index contributed by atoms with van der Waals surface area (Å²) in [6, 6.07) is 5.36. The molecule has 0 spiro atoms. The first-order valence-corrected chi connectivity index (χ1v) is 7.05. The first kappa shape index (κ1) is 14.2. The Balaban J connectivity index is 2.21. The molecule has 0 aliphatic heterocycles. The number of benzene rings is 1. The van der Waals surface area contributed by atoms with Gasteiger partial charge in [-0.3, -0.25) is 4.68 Å². The molecule has 2 aromatic rings. The number of nitrogens with zero attached hydrogens (tertiary/aromatic N) is 2. The largest absolute Gasteiger partial charge is 0.310 e. The van der Waals surface area contributed by atoms with Crippen molar-refractivity contribution in [3.05, 3.63) is 52.0 Å². The molecule has 1 atom stereocenters. The van der Waals surface area contributed by atoms with Crippen molar-refractivity contribution in [1.29, 1.82) is 0 Å². The molecule has 1 N–H and O–H groups in total. The summed E-state index contributed by atoms with van der Waals surface area (Å²) in [5.74, 6) is -0.230. The predicted molar refractivity (Wildman–Crippen MR) is 77.4 cm³/mol. The van der Waals surface area contributed by atoms with E-state index in [0.29, 0.717) is 4.47 Å². The lowest BCUT2D eigenvalue weighted by molar-refractivity contribution is 0.541. The fourth-order valence-corrected chi connectivity index (χ4v) is 2.34. The van der Waals surface area contributed by atoms with Crippen LogP contribution < -0.4 is 5.32 Å². The van der Waals surface area contributed by atoms with Gasteiger partial charge in [-0.25, -0.2) is 4.39 Å². The summed E-state index contributed by atoms with van der Waals surface area (Å²) in [7, 11) is 1.89. The summed E-state index contributed by atoms with van der Waals surface area (Å²) < 4.78 is 15.9. The molecule has 0 saturated carbocycles. The lowest BCUT2D eigenvalue weighted by Gasteiger charge is -2.18. The average Bonchev–Trinajstić information content (AvgIpc) is 2.78. The third-order valence-electron chi connectivity index (χ3n) is 2.99. The summed E-state index contributed by atoms with van der Waals surface area (Å²) in [5, 5.41) is 7.55. The van der Waals surface area contributed by atoms with Crippen LogP contribution in [0.3, 0.4) is 0 Å². The lowest BCUT2D eigenvalue weighted by Crippen LogP contribution is -2.23. The Morgan fingerprint density at radius 1 is 1.47 bits per heavy atom. The van der Waals surface area contributed by atoms with Crippen LogP contribution in [-0.4, -0.2) is 16.3 Å². The van der Waals surface area contributed by atoms with Gasteiger partial charge in [0, 0.05) is 19.3 Å². The van der Waals surface area contributed by atoms with Gasteiger partial charge in [0.2, 0.25) is 0 Å². The molecule has 1 heterocycles. The Bertz CT molecular complexity index is 553. The van der Waals surface area contributed by atoms with Crippen molar-refractivity contribution >= 4 is 15.9 Å². The highest BCUT2D eigenvalue weighted by molar-refractivity contribution is 9.10. The monoisotopic (exact) mass is 325 g/mol. The Morgan fingerprint density at radius 2 is 2.26 bits per heavy atom. The number of halogens is 2. The quantitative estimate of drug-likeness (QED) is 0.914.